The maximum atomic E-state index is 2.72. The van der Waals surface area contributed by atoms with Crippen LogP contribution in [0.2, 0.25) is 0 Å². The molecule has 0 aliphatic rings. The van der Waals surface area contributed by atoms with Gasteiger partial charge >= 0.3 is 0 Å². The zero-order valence-corrected chi connectivity index (χ0v) is 8.33. The van der Waals surface area contributed by atoms with Crippen LogP contribution in [0.25, 0.3) is 0 Å². The van der Waals surface area contributed by atoms with Gasteiger partial charge < -0.3 is 0 Å². The standard InChI is InChI=1S/C10H13.Al/c1-9(2)8-10-6-4-3-5-7-10;/h3-4,6-7,9H,8H2,1-2H3;. The molecule has 1 aromatic rings. The molecule has 0 bridgehead atoms. The highest BCUT2D eigenvalue weighted by Gasteiger charge is 1.95. The summed E-state index contributed by atoms with van der Waals surface area (Å²) in [7, 11) is 0. The van der Waals surface area contributed by atoms with E-state index in [2.05, 4.69) is 54.4 Å². The molecule has 0 amide bonds. The summed E-state index contributed by atoms with van der Waals surface area (Å²) in [5.41, 5.74) is 1.44. The lowest BCUT2D eigenvalue weighted by molar-refractivity contribution is 0.647. The molecule has 0 spiro atoms. The largest absolute Gasteiger partial charge is 0.175 e. The predicted molar refractivity (Wildman–Crippen MR) is 50.4 cm³/mol. The predicted octanol–water partition coefficient (Wildman–Crippen LogP) is 1.68. The molecule has 11 heavy (non-hydrogen) atoms. The highest BCUT2D eigenvalue weighted by Crippen LogP contribution is 2.05. The molecule has 0 atom stereocenters. The van der Waals surface area contributed by atoms with Gasteiger partial charge in [0.1, 0.15) is 0 Å². The van der Waals surface area contributed by atoms with E-state index in [1.165, 1.54) is 16.4 Å². The van der Waals surface area contributed by atoms with Crippen molar-refractivity contribution in [3.8, 4) is 0 Å². The summed E-state index contributed by atoms with van der Waals surface area (Å²) in [6.45, 7) is 4.49. The fourth-order valence-corrected chi connectivity index (χ4v) is 1.52. The first-order valence-corrected chi connectivity index (χ1v) is 4.60. The zero-order chi connectivity index (χ0) is 8.27. The minimum atomic E-state index is 0.752. The Morgan fingerprint density at radius 3 is 2.64 bits per heavy atom. The van der Waals surface area contributed by atoms with Gasteiger partial charge in [0, 0.05) is 0 Å². The van der Waals surface area contributed by atoms with E-state index in [1.54, 1.807) is 0 Å². The van der Waals surface area contributed by atoms with Crippen LogP contribution in [0.1, 0.15) is 19.4 Å². The molecular formula is C10H13Al. The van der Waals surface area contributed by atoms with Crippen LogP contribution in [0.15, 0.2) is 24.3 Å². The molecule has 0 saturated heterocycles. The minimum absolute atomic E-state index is 0.752. The van der Waals surface area contributed by atoms with Crippen LogP contribution in [0.4, 0.5) is 0 Å². The maximum Gasteiger partial charge on any atom is 0.175 e. The van der Waals surface area contributed by atoms with Crippen molar-refractivity contribution in [1.29, 1.82) is 0 Å². The third-order valence-electron chi connectivity index (χ3n) is 1.59. The van der Waals surface area contributed by atoms with Gasteiger partial charge in [-0.3, -0.25) is 0 Å². The molecular weight excluding hydrogens is 147 g/mol. The number of benzene rings is 1. The molecule has 0 aliphatic heterocycles. The van der Waals surface area contributed by atoms with Crippen LogP contribution in [-0.4, -0.2) is 16.3 Å². The van der Waals surface area contributed by atoms with Crippen molar-refractivity contribution in [3.05, 3.63) is 29.8 Å². The molecule has 0 unspecified atom stereocenters. The average molecular weight is 160 g/mol. The fourth-order valence-electron chi connectivity index (χ4n) is 1.19. The monoisotopic (exact) mass is 160 g/mol. The van der Waals surface area contributed by atoms with Gasteiger partial charge in [-0.15, -0.1) is 4.43 Å². The Morgan fingerprint density at radius 2 is 2.09 bits per heavy atom. The quantitative estimate of drug-likeness (QED) is 0.577. The second kappa shape index (κ2) is 3.95. The first-order valence-electron chi connectivity index (χ1n) is 4.03. The van der Waals surface area contributed by atoms with Crippen LogP contribution < -0.4 is 4.43 Å². The molecule has 56 valence electrons. The Hall–Kier alpha value is -0.248. The van der Waals surface area contributed by atoms with Gasteiger partial charge in [-0.25, -0.2) is 0 Å². The third kappa shape index (κ3) is 3.10. The first-order chi connectivity index (χ1) is 5.18. The molecule has 0 aliphatic carbocycles. The van der Waals surface area contributed by atoms with Crippen molar-refractivity contribution in [1.82, 2.24) is 0 Å². The van der Waals surface area contributed by atoms with E-state index < -0.39 is 0 Å². The normalized spacial score (nSPS) is 10.5. The molecule has 0 heterocycles. The first kappa shape index (κ1) is 8.85. The summed E-state index contributed by atoms with van der Waals surface area (Å²) >= 11 is 2.72. The van der Waals surface area contributed by atoms with E-state index >= 15 is 0 Å². The summed E-state index contributed by atoms with van der Waals surface area (Å²) in [5, 5.41) is 0. The Labute approximate surface area is 77.1 Å². The second-order valence-corrected chi connectivity index (χ2v) is 4.01. The Morgan fingerprint density at radius 1 is 1.36 bits per heavy atom. The SMILES string of the molecule is CC(C)Cc1ccc[c]([Al])c1. The van der Waals surface area contributed by atoms with E-state index in [1.807, 2.05) is 0 Å². The van der Waals surface area contributed by atoms with Gasteiger partial charge in [0.05, 0.1) is 0 Å². The van der Waals surface area contributed by atoms with Crippen LogP contribution in [0, 0.1) is 5.92 Å². The minimum Gasteiger partial charge on any atom is -0.139 e. The second-order valence-electron chi connectivity index (χ2n) is 3.34. The molecule has 0 saturated carbocycles. The van der Waals surface area contributed by atoms with Crippen LogP contribution >= 0.6 is 0 Å². The van der Waals surface area contributed by atoms with E-state index in [0.29, 0.717) is 0 Å². The lowest BCUT2D eigenvalue weighted by Crippen LogP contribution is -2.04. The summed E-state index contributed by atoms with van der Waals surface area (Å²) < 4.78 is 1.28. The summed E-state index contributed by atoms with van der Waals surface area (Å²) in [6, 6.07) is 8.63. The third-order valence-corrected chi connectivity index (χ3v) is 1.95. The maximum absolute atomic E-state index is 2.72. The van der Waals surface area contributed by atoms with Gasteiger partial charge in [-0.05, 0) is 17.9 Å². The van der Waals surface area contributed by atoms with Gasteiger partial charge in [0.25, 0.3) is 0 Å². The van der Waals surface area contributed by atoms with Crippen LogP contribution in [0.3, 0.4) is 0 Å². The van der Waals surface area contributed by atoms with Crippen molar-refractivity contribution in [2.45, 2.75) is 20.3 Å². The molecule has 1 heteroatoms. The van der Waals surface area contributed by atoms with Crippen molar-refractivity contribution in [2.75, 3.05) is 0 Å². The van der Waals surface area contributed by atoms with Gasteiger partial charge in [-0.2, -0.15) is 0 Å². The van der Waals surface area contributed by atoms with Crippen molar-refractivity contribution < 1.29 is 0 Å². The lowest BCUT2D eigenvalue weighted by Gasteiger charge is -2.05. The van der Waals surface area contributed by atoms with Crippen LogP contribution in [0.5, 0.6) is 0 Å². The van der Waals surface area contributed by atoms with Gasteiger partial charge in [0.15, 0.2) is 16.3 Å². The van der Waals surface area contributed by atoms with Gasteiger partial charge in [0.2, 0.25) is 0 Å². The number of hydrogen-bond acceptors (Lipinski definition) is 0. The Balaban J connectivity index is 2.71. The van der Waals surface area contributed by atoms with Crippen molar-refractivity contribution in [3.63, 3.8) is 0 Å². The highest BCUT2D eigenvalue weighted by molar-refractivity contribution is 6.32. The summed E-state index contributed by atoms with van der Waals surface area (Å²) in [6.07, 6.45) is 1.18. The molecule has 2 radical (unpaired) electrons. The smallest absolute Gasteiger partial charge is 0.139 e. The zero-order valence-electron chi connectivity index (χ0n) is 7.17. The van der Waals surface area contributed by atoms with E-state index in [4.69, 9.17) is 0 Å². The van der Waals surface area contributed by atoms with Crippen LogP contribution in [-0.2, 0) is 6.42 Å². The number of hydrogen-bond donors (Lipinski definition) is 0. The van der Waals surface area contributed by atoms with E-state index in [0.717, 1.165) is 5.92 Å². The van der Waals surface area contributed by atoms with Gasteiger partial charge in [-0.1, -0.05) is 38.1 Å². The Bertz CT molecular complexity index is 228. The molecule has 0 nitrogen and oxygen atoms in total. The van der Waals surface area contributed by atoms with Crippen molar-refractivity contribution in [2.24, 2.45) is 5.92 Å². The summed E-state index contributed by atoms with van der Waals surface area (Å²) in [4.78, 5) is 0. The highest BCUT2D eigenvalue weighted by atomic mass is 27.0. The van der Waals surface area contributed by atoms with Crippen molar-refractivity contribution >= 4 is 20.7 Å². The Kier molecular flexibility index (Phi) is 3.18. The van der Waals surface area contributed by atoms with E-state index in [9.17, 15) is 0 Å². The molecule has 0 fully saturated rings. The topological polar surface area (TPSA) is 0 Å². The molecule has 0 N–H and O–H groups in total. The summed E-state index contributed by atoms with van der Waals surface area (Å²) in [5.74, 6) is 0.752. The molecule has 1 rings (SSSR count). The average Bonchev–Trinajstić information content (AvgIpc) is 1.85. The fraction of sp³-hybridized carbons (Fsp3) is 0.400. The van der Waals surface area contributed by atoms with E-state index in [-0.39, 0.29) is 0 Å². The molecule has 1 aromatic carbocycles. The number of rotatable bonds is 2. The lowest BCUT2D eigenvalue weighted by atomic mass is 10.0. The molecule has 0 aromatic heterocycles.